The van der Waals surface area contributed by atoms with Gasteiger partial charge in [0.2, 0.25) is 0 Å². The van der Waals surface area contributed by atoms with Crippen LogP contribution in [0.3, 0.4) is 0 Å². The van der Waals surface area contributed by atoms with Crippen LogP contribution in [-0.4, -0.2) is 19.2 Å². The third-order valence-electron chi connectivity index (χ3n) is 2.68. The lowest BCUT2D eigenvalue weighted by Gasteiger charge is -2.18. The summed E-state index contributed by atoms with van der Waals surface area (Å²) in [5.74, 6) is 0.899. The highest BCUT2D eigenvalue weighted by molar-refractivity contribution is 9.10. The van der Waals surface area contributed by atoms with E-state index in [1.54, 1.807) is 0 Å². The number of anilines is 2. The van der Waals surface area contributed by atoms with E-state index in [1.165, 1.54) is 0 Å². The normalized spacial score (nSPS) is 15.9. The van der Waals surface area contributed by atoms with Gasteiger partial charge in [0.1, 0.15) is 11.4 Å². The van der Waals surface area contributed by atoms with Crippen LogP contribution in [0.2, 0.25) is 0 Å². The molecule has 92 valence electrons. The first-order chi connectivity index (χ1) is 8.20. The lowest BCUT2D eigenvalue weighted by Crippen LogP contribution is -2.13. The highest BCUT2D eigenvalue weighted by Gasteiger charge is 2.14. The first-order valence-electron chi connectivity index (χ1n) is 5.80. The Morgan fingerprint density at radius 3 is 3.18 bits per heavy atom. The summed E-state index contributed by atoms with van der Waals surface area (Å²) in [7, 11) is 0. The van der Waals surface area contributed by atoms with Crippen molar-refractivity contribution < 1.29 is 4.74 Å². The van der Waals surface area contributed by atoms with E-state index < -0.39 is 0 Å². The molecule has 2 rings (SSSR count). The average molecular weight is 297 g/mol. The molecule has 1 aliphatic rings. The van der Waals surface area contributed by atoms with Crippen LogP contribution in [0, 0.1) is 0 Å². The van der Waals surface area contributed by atoms with Gasteiger partial charge in [-0.15, -0.1) is 6.58 Å². The summed E-state index contributed by atoms with van der Waals surface area (Å²) in [5.41, 5.74) is 2.09. The van der Waals surface area contributed by atoms with Crippen molar-refractivity contribution in [2.24, 2.45) is 0 Å². The number of ether oxygens (including phenoxy) is 1. The van der Waals surface area contributed by atoms with Crippen molar-refractivity contribution in [1.29, 1.82) is 0 Å². The second-order valence-corrected chi connectivity index (χ2v) is 5.04. The Hall–Kier alpha value is -1.16. The van der Waals surface area contributed by atoms with E-state index in [4.69, 9.17) is 4.74 Å². The van der Waals surface area contributed by atoms with Crippen LogP contribution in [0.25, 0.3) is 0 Å². The smallest absolute Gasteiger partial charge is 0.145 e. The largest absolute Gasteiger partial charge is 0.491 e. The minimum atomic E-state index is 0.221. The van der Waals surface area contributed by atoms with Crippen molar-refractivity contribution >= 4 is 27.3 Å². The van der Waals surface area contributed by atoms with Crippen LogP contribution in [-0.2, 0) is 0 Å². The molecule has 4 heteroatoms. The van der Waals surface area contributed by atoms with Gasteiger partial charge in [-0.3, -0.25) is 0 Å². The van der Waals surface area contributed by atoms with E-state index in [0.29, 0.717) is 0 Å². The Bertz CT molecular complexity index is 420. The lowest BCUT2D eigenvalue weighted by atomic mass is 10.2. The highest BCUT2D eigenvalue weighted by Crippen LogP contribution is 2.37. The molecule has 0 spiro atoms. The van der Waals surface area contributed by atoms with Crippen LogP contribution in [0.5, 0.6) is 5.75 Å². The van der Waals surface area contributed by atoms with Gasteiger partial charge in [-0.25, -0.2) is 0 Å². The zero-order chi connectivity index (χ0) is 12.3. The van der Waals surface area contributed by atoms with Crippen molar-refractivity contribution in [2.75, 3.05) is 23.8 Å². The molecule has 3 nitrogen and oxygen atoms in total. The minimum Gasteiger partial charge on any atom is -0.491 e. The van der Waals surface area contributed by atoms with Gasteiger partial charge in [0.15, 0.2) is 0 Å². The number of hydrogen-bond acceptors (Lipinski definition) is 3. The van der Waals surface area contributed by atoms with Crippen molar-refractivity contribution in [1.82, 2.24) is 0 Å². The molecule has 0 bridgehead atoms. The van der Waals surface area contributed by atoms with E-state index in [-0.39, 0.29) is 6.04 Å². The zero-order valence-corrected chi connectivity index (χ0v) is 11.5. The maximum atomic E-state index is 5.73. The quantitative estimate of drug-likeness (QED) is 0.836. The molecule has 0 aliphatic carbocycles. The highest BCUT2D eigenvalue weighted by atomic mass is 79.9. The van der Waals surface area contributed by atoms with Gasteiger partial charge in [0.25, 0.3) is 0 Å². The predicted octanol–water partition coefficient (Wildman–Crippen LogP) is 3.63. The van der Waals surface area contributed by atoms with Gasteiger partial charge >= 0.3 is 0 Å². The van der Waals surface area contributed by atoms with E-state index in [0.717, 1.165) is 41.2 Å². The Morgan fingerprint density at radius 2 is 2.41 bits per heavy atom. The van der Waals surface area contributed by atoms with Crippen LogP contribution in [0.15, 0.2) is 29.3 Å². The van der Waals surface area contributed by atoms with Crippen LogP contribution in [0.4, 0.5) is 11.4 Å². The fraction of sp³-hybridized carbons (Fsp3) is 0.385. The SMILES string of the molecule is C=C[C@H](C)Nc1cc(Br)cc2c1NCCCO2. The molecular formula is C13H17BrN2O. The predicted molar refractivity (Wildman–Crippen MR) is 76.0 cm³/mol. The van der Waals surface area contributed by atoms with Crippen molar-refractivity contribution in [3.63, 3.8) is 0 Å². The molecular weight excluding hydrogens is 280 g/mol. The summed E-state index contributed by atoms with van der Waals surface area (Å²) < 4.78 is 6.74. The zero-order valence-electron chi connectivity index (χ0n) is 9.92. The number of nitrogens with one attached hydrogen (secondary N) is 2. The Labute approximate surface area is 110 Å². The molecule has 0 fully saturated rings. The Morgan fingerprint density at radius 1 is 1.59 bits per heavy atom. The maximum absolute atomic E-state index is 5.73. The molecule has 1 atom stereocenters. The summed E-state index contributed by atoms with van der Waals surface area (Å²) in [6, 6.07) is 4.27. The summed E-state index contributed by atoms with van der Waals surface area (Å²) in [6.07, 6.45) is 2.90. The molecule has 1 aliphatic heterocycles. The number of rotatable bonds is 3. The summed E-state index contributed by atoms with van der Waals surface area (Å²) in [4.78, 5) is 0. The Kier molecular flexibility index (Phi) is 3.94. The molecule has 0 saturated heterocycles. The third-order valence-corrected chi connectivity index (χ3v) is 3.14. The minimum absolute atomic E-state index is 0.221. The fourth-order valence-electron chi connectivity index (χ4n) is 1.76. The second-order valence-electron chi connectivity index (χ2n) is 4.12. The fourth-order valence-corrected chi connectivity index (χ4v) is 2.20. The standard InChI is InChI=1S/C13H17BrN2O/c1-3-9(2)16-11-7-10(14)8-12-13(11)15-5-4-6-17-12/h3,7-9,15-16H,1,4-6H2,2H3/t9-/m0/s1. The van der Waals surface area contributed by atoms with E-state index in [1.807, 2.05) is 12.1 Å². The maximum Gasteiger partial charge on any atom is 0.145 e. The topological polar surface area (TPSA) is 33.3 Å². The number of hydrogen-bond donors (Lipinski definition) is 2. The number of fused-ring (bicyclic) bond motifs is 1. The van der Waals surface area contributed by atoms with Gasteiger partial charge in [-0.2, -0.15) is 0 Å². The molecule has 0 unspecified atom stereocenters. The van der Waals surface area contributed by atoms with Crippen molar-refractivity contribution in [2.45, 2.75) is 19.4 Å². The first-order valence-corrected chi connectivity index (χ1v) is 6.59. The monoisotopic (exact) mass is 296 g/mol. The van der Waals surface area contributed by atoms with Crippen LogP contribution < -0.4 is 15.4 Å². The van der Waals surface area contributed by atoms with E-state index >= 15 is 0 Å². The Balaban J connectivity index is 2.36. The molecule has 0 saturated carbocycles. The molecule has 1 aromatic rings. The van der Waals surface area contributed by atoms with Crippen LogP contribution in [0.1, 0.15) is 13.3 Å². The van der Waals surface area contributed by atoms with Crippen molar-refractivity contribution in [3.8, 4) is 5.75 Å². The van der Waals surface area contributed by atoms with Gasteiger partial charge in [-0.1, -0.05) is 22.0 Å². The summed E-state index contributed by atoms with van der Waals surface area (Å²) in [5, 5.41) is 6.81. The first kappa shape index (κ1) is 12.3. The summed E-state index contributed by atoms with van der Waals surface area (Å²) in [6.45, 7) is 7.54. The molecule has 1 heterocycles. The van der Waals surface area contributed by atoms with Gasteiger partial charge in [0.05, 0.1) is 12.3 Å². The second kappa shape index (κ2) is 5.45. The van der Waals surface area contributed by atoms with Gasteiger partial charge in [-0.05, 0) is 25.5 Å². The molecule has 2 N–H and O–H groups in total. The number of benzene rings is 1. The molecule has 0 aromatic heterocycles. The van der Waals surface area contributed by atoms with Crippen molar-refractivity contribution in [3.05, 3.63) is 29.3 Å². The lowest BCUT2D eigenvalue weighted by molar-refractivity contribution is 0.323. The number of halogens is 1. The molecule has 0 amide bonds. The average Bonchev–Trinajstić information content (AvgIpc) is 2.53. The van der Waals surface area contributed by atoms with Gasteiger partial charge in [0, 0.05) is 17.1 Å². The molecule has 1 aromatic carbocycles. The van der Waals surface area contributed by atoms with Gasteiger partial charge < -0.3 is 15.4 Å². The van der Waals surface area contributed by atoms with E-state index in [2.05, 4.69) is 46.1 Å². The van der Waals surface area contributed by atoms with E-state index in [9.17, 15) is 0 Å². The summed E-state index contributed by atoms with van der Waals surface area (Å²) >= 11 is 3.50. The van der Waals surface area contributed by atoms with Crippen LogP contribution >= 0.6 is 15.9 Å². The molecule has 0 radical (unpaired) electrons. The third kappa shape index (κ3) is 2.94. The molecule has 17 heavy (non-hydrogen) atoms.